The Morgan fingerprint density at radius 3 is 2.55 bits per heavy atom. The Bertz CT molecular complexity index is 499. The molecule has 1 heterocycles. The van der Waals surface area contributed by atoms with E-state index in [9.17, 15) is 9.59 Å². The number of rotatable bonds is 4. The van der Waals surface area contributed by atoms with Crippen molar-refractivity contribution < 1.29 is 9.59 Å². The average Bonchev–Trinajstić information content (AvgIpc) is 2.41. The van der Waals surface area contributed by atoms with Gasteiger partial charge in [0.05, 0.1) is 17.1 Å². The topological polar surface area (TPSA) is 75.4 Å². The molecule has 1 aliphatic heterocycles. The van der Waals surface area contributed by atoms with Gasteiger partial charge in [-0.15, -0.1) is 0 Å². The van der Waals surface area contributed by atoms with Gasteiger partial charge >= 0.3 is 0 Å². The first kappa shape index (κ1) is 14.8. The number of amides is 2. The normalized spacial score (nSPS) is 16.9. The molecule has 1 saturated heterocycles. The molecule has 20 heavy (non-hydrogen) atoms. The molecule has 1 fully saturated rings. The van der Waals surface area contributed by atoms with E-state index in [1.54, 1.807) is 24.3 Å². The van der Waals surface area contributed by atoms with Crippen LogP contribution in [0.4, 0.5) is 0 Å². The Labute approximate surface area is 123 Å². The number of benzene rings is 1. The first-order chi connectivity index (χ1) is 9.56. The molecule has 1 aliphatic rings. The molecule has 0 spiro atoms. The summed E-state index contributed by atoms with van der Waals surface area (Å²) in [4.78, 5) is 25.0. The highest BCUT2D eigenvalue weighted by Crippen LogP contribution is 2.16. The second-order valence-corrected chi connectivity index (χ2v) is 5.38. The summed E-state index contributed by atoms with van der Waals surface area (Å²) >= 11 is 6.00. The van der Waals surface area contributed by atoms with Gasteiger partial charge in [-0.25, -0.2) is 0 Å². The molecular formula is C14H18ClN3O2. The van der Waals surface area contributed by atoms with Crippen molar-refractivity contribution >= 4 is 23.4 Å². The quantitative estimate of drug-likeness (QED) is 0.871. The lowest BCUT2D eigenvalue weighted by molar-refractivity contribution is -0.119. The monoisotopic (exact) mass is 295 g/mol. The van der Waals surface area contributed by atoms with Gasteiger partial charge in [-0.1, -0.05) is 23.7 Å². The summed E-state index contributed by atoms with van der Waals surface area (Å²) in [5, 5.41) is 3.44. The van der Waals surface area contributed by atoms with Gasteiger partial charge in [-0.3, -0.25) is 14.5 Å². The lowest BCUT2D eigenvalue weighted by Gasteiger charge is -2.31. The van der Waals surface area contributed by atoms with E-state index in [1.807, 2.05) is 4.90 Å². The molecule has 0 bridgehead atoms. The maximum absolute atomic E-state index is 12.1. The van der Waals surface area contributed by atoms with Gasteiger partial charge in [-0.05, 0) is 25.0 Å². The van der Waals surface area contributed by atoms with Gasteiger partial charge in [0.2, 0.25) is 5.91 Å². The highest BCUT2D eigenvalue weighted by Gasteiger charge is 2.22. The standard InChI is InChI=1S/C14H18ClN3O2/c15-12-4-2-1-3-11(12)14(20)17-10-5-7-18(8-6-10)9-13(16)19/h1-4,10H,5-9H2,(H2,16,19)(H,17,20). The highest BCUT2D eigenvalue weighted by molar-refractivity contribution is 6.33. The Balaban J connectivity index is 1.85. The molecule has 2 amide bonds. The molecule has 0 atom stereocenters. The Morgan fingerprint density at radius 1 is 1.30 bits per heavy atom. The first-order valence-electron chi connectivity index (χ1n) is 6.62. The van der Waals surface area contributed by atoms with Gasteiger partial charge < -0.3 is 11.1 Å². The largest absolute Gasteiger partial charge is 0.369 e. The molecular weight excluding hydrogens is 278 g/mol. The molecule has 108 valence electrons. The predicted octanol–water partition coefficient (Wildman–Crippen LogP) is 1.02. The van der Waals surface area contributed by atoms with Crippen molar-refractivity contribution in [3.63, 3.8) is 0 Å². The zero-order valence-electron chi connectivity index (χ0n) is 11.1. The predicted molar refractivity (Wildman–Crippen MR) is 77.6 cm³/mol. The van der Waals surface area contributed by atoms with E-state index < -0.39 is 0 Å². The van der Waals surface area contributed by atoms with Crippen LogP contribution in [0.1, 0.15) is 23.2 Å². The van der Waals surface area contributed by atoms with Crippen LogP contribution in [-0.4, -0.2) is 42.4 Å². The first-order valence-corrected chi connectivity index (χ1v) is 7.00. The van der Waals surface area contributed by atoms with Gasteiger partial charge in [-0.2, -0.15) is 0 Å². The van der Waals surface area contributed by atoms with E-state index in [-0.39, 0.29) is 24.4 Å². The van der Waals surface area contributed by atoms with Crippen LogP contribution in [0.15, 0.2) is 24.3 Å². The number of carbonyl (C=O) groups excluding carboxylic acids is 2. The van der Waals surface area contributed by atoms with Crippen molar-refractivity contribution in [3.8, 4) is 0 Å². The van der Waals surface area contributed by atoms with Gasteiger partial charge in [0.25, 0.3) is 5.91 Å². The Hall–Kier alpha value is -1.59. The molecule has 0 unspecified atom stereocenters. The molecule has 0 aliphatic carbocycles. The molecule has 1 aromatic rings. The third-order valence-corrected chi connectivity index (χ3v) is 3.75. The van der Waals surface area contributed by atoms with E-state index in [4.69, 9.17) is 17.3 Å². The van der Waals surface area contributed by atoms with Crippen molar-refractivity contribution in [2.24, 2.45) is 5.73 Å². The SMILES string of the molecule is NC(=O)CN1CCC(NC(=O)c2ccccc2Cl)CC1. The van der Waals surface area contributed by atoms with E-state index in [0.29, 0.717) is 10.6 Å². The molecule has 3 N–H and O–H groups in total. The van der Waals surface area contributed by atoms with Crippen LogP contribution in [0, 0.1) is 0 Å². The van der Waals surface area contributed by atoms with Crippen LogP contribution in [-0.2, 0) is 4.79 Å². The number of nitrogens with one attached hydrogen (secondary N) is 1. The second kappa shape index (κ2) is 6.72. The molecule has 2 rings (SSSR count). The minimum atomic E-state index is -0.316. The number of likely N-dealkylation sites (tertiary alicyclic amines) is 1. The zero-order chi connectivity index (χ0) is 14.5. The average molecular weight is 296 g/mol. The molecule has 6 heteroatoms. The number of hydrogen-bond acceptors (Lipinski definition) is 3. The number of nitrogens with zero attached hydrogens (tertiary/aromatic N) is 1. The number of nitrogens with two attached hydrogens (primary N) is 1. The Kier molecular flexibility index (Phi) is 4.98. The Morgan fingerprint density at radius 2 is 1.95 bits per heavy atom. The number of carbonyl (C=O) groups is 2. The summed E-state index contributed by atoms with van der Waals surface area (Å²) in [6.45, 7) is 1.80. The number of hydrogen-bond donors (Lipinski definition) is 2. The summed E-state index contributed by atoms with van der Waals surface area (Å²) in [6, 6.07) is 7.10. The van der Waals surface area contributed by atoms with Gasteiger partial charge in [0.15, 0.2) is 0 Å². The summed E-state index contributed by atoms with van der Waals surface area (Å²) in [7, 11) is 0. The van der Waals surface area contributed by atoms with Crippen molar-refractivity contribution in [3.05, 3.63) is 34.9 Å². The molecule has 0 aromatic heterocycles. The fraction of sp³-hybridized carbons (Fsp3) is 0.429. The second-order valence-electron chi connectivity index (χ2n) is 4.97. The van der Waals surface area contributed by atoms with Crippen LogP contribution in [0.2, 0.25) is 5.02 Å². The van der Waals surface area contributed by atoms with Crippen LogP contribution in [0.5, 0.6) is 0 Å². The third kappa shape index (κ3) is 3.95. The van der Waals surface area contributed by atoms with Gasteiger partial charge in [0.1, 0.15) is 0 Å². The lowest BCUT2D eigenvalue weighted by Crippen LogP contribution is -2.46. The van der Waals surface area contributed by atoms with Crippen LogP contribution in [0.25, 0.3) is 0 Å². The van der Waals surface area contributed by atoms with E-state index in [0.717, 1.165) is 25.9 Å². The number of halogens is 1. The van der Waals surface area contributed by atoms with Crippen LogP contribution in [0.3, 0.4) is 0 Å². The van der Waals surface area contributed by atoms with E-state index >= 15 is 0 Å². The van der Waals surface area contributed by atoms with Crippen molar-refractivity contribution in [2.45, 2.75) is 18.9 Å². The molecule has 0 radical (unpaired) electrons. The third-order valence-electron chi connectivity index (χ3n) is 3.42. The summed E-state index contributed by atoms with van der Waals surface area (Å²) in [6.07, 6.45) is 1.62. The van der Waals surface area contributed by atoms with Crippen molar-refractivity contribution in [1.29, 1.82) is 0 Å². The minimum Gasteiger partial charge on any atom is -0.369 e. The van der Waals surface area contributed by atoms with Gasteiger partial charge in [0, 0.05) is 19.1 Å². The van der Waals surface area contributed by atoms with Crippen molar-refractivity contribution in [1.82, 2.24) is 10.2 Å². The van der Waals surface area contributed by atoms with Crippen LogP contribution < -0.4 is 11.1 Å². The van der Waals surface area contributed by atoms with Crippen molar-refractivity contribution in [2.75, 3.05) is 19.6 Å². The number of piperidine rings is 1. The summed E-state index contributed by atoms with van der Waals surface area (Å²) in [5.41, 5.74) is 5.66. The summed E-state index contributed by atoms with van der Waals surface area (Å²) < 4.78 is 0. The van der Waals surface area contributed by atoms with Crippen LogP contribution >= 0.6 is 11.6 Å². The number of primary amides is 1. The highest BCUT2D eigenvalue weighted by atomic mass is 35.5. The maximum atomic E-state index is 12.1. The lowest BCUT2D eigenvalue weighted by atomic mass is 10.0. The maximum Gasteiger partial charge on any atom is 0.253 e. The summed E-state index contributed by atoms with van der Waals surface area (Å²) in [5.74, 6) is -0.465. The smallest absolute Gasteiger partial charge is 0.253 e. The molecule has 5 nitrogen and oxygen atoms in total. The fourth-order valence-electron chi connectivity index (χ4n) is 2.36. The minimum absolute atomic E-state index is 0.114. The van der Waals surface area contributed by atoms with E-state index in [2.05, 4.69) is 5.32 Å². The zero-order valence-corrected chi connectivity index (χ0v) is 11.9. The molecule has 1 aromatic carbocycles. The molecule has 0 saturated carbocycles. The van der Waals surface area contributed by atoms with E-state index in [1.165, 1.54) is 0 Å². The fourth-order valence-corrected chi connectivity index (χ4v) is 2.59.